The molecule has 0 radical (unpaired) electrons. The summed E-state index contributed by atoms with van der Waals surface area (Å²) in [6, 6.07) is 9.98. The SMILES string of the molecule is CCCCCCCCCCOC(Cl)c1ccccc1. The first-order valence-electron chi connectivity index (χ1n) is 7.65. The number of hydrogen-bond donors (Lipinski definition) is 0. The molecule has 0 aliphatic carbocycles. The molecular weight excluding hydrogens is 256 g/mol. The van der Waals surface area contributed by atoms with E-state index < -0.39 is 0 Å². The fourth-order valence-corrected chi connectivity index (χ4v) is 2.36. The van der Waals surface area contributed by atoms with E-state index in [-0.39, 0.29) is 5.56 Å². The maximum absolute atomic E-state index is 6.18. The molecular formula is C17H27ClO. The zero-order valence-corrected chi connectivity index (χ0v) is 12.9. The molecule has 1 aromatic carbocycles. The highest BCUT2D eigenvalue weighted by molar-refractivity contribution is 6.19. The molecule has 0 aliphatic rings. The summed E-state index contributed by atoms with van der Waals surface area (Å²) < 4.78 is 5.64. The van der Waals surface area contributed by atoms with Gasteiger partial charge in [0.15, 0.2) is 5.56 Å². The molecule has 19 heavy (non-hydrogen) atoms. The number of alkyl halides is 1. The lowest BCUT2D eigenvalue weighted by atomic mass is 10.1. The maximum Gasteiger partial charge on any atom is 0.156 e. The van der Waals surface area contributed by atoms with Crippen LogP contribution in [0.5, 0.6) is 0 Å². The van der Waals surface area contributed by atoms with Gasteiger partial charge in [0.05, 0.1) is 0 Å². The molecule has 1 aromatic rings. The van der Waals surface area contributed by atoms with E-state index in [0.29, 0.717) is 0 Å². The monoisotopic (exact) mass is 282 g/mol. The molecule has 0 spiro atoms. The molecule has 0 aromatic heterocycles. The van der Waals surface area contributed by atoms with Crippen LogP contribution in [-0.2, 0) is 4.74 Å². The second-order valence-corrected chi connectivity index (χ2v) is 5.47. The summed E-state index contributed by atoms with van der Waals surface area (Å²) in [7, 11) is 0. The number of unbranched alkanes of at least 4 members (excludes halogenated alkanes) is 7. The minimum atomic E-state index is -0.300. The fraction of sp³-hybridized carbons (Fsp3) is 0.647. The summed E-state index contributed by atoms with van der Waals surface area (Å²) in [5.41, 5.74) is 0.745. The number of ether oxygens (including phenoxy) is 1. The normalized spacial score (nSPS) is 12.5. The van der Waals surface area contributed by atoms with Crippen molar-refractivity contribution in [3.63, 3.8) is 0 Å². The van der Waals surface area contributed by atoms with Crippen molar-refractivity contribution in [2.24, 2.45) is 0 Å². The molecule has 0 saturated heterocycles. The summed E-state index contributed by atoms with van der Waals surface area (Å²) >= 11 is 6.18. The van der Waals surface area contributed by atoms with Crippen LogP contribution in [0.3, 0.4) is 0 Å². The van der Waals surface area contributed by atoms with Crippen molar-refractivity contribution in [3.05, 3.63) is 35.9 Å². The van der Waals surface area contributed by atoms with E-state index in [0.717, 1.165) is 18.6 Å². The van der Waals surface area contributed by atoms with Crippen LogP contribution in [0.2, 0.25) is 0 Å². The van der Waals surface area contributed by atoms with Gasteiger partial charge in [0.25, 0.3) is 0 Å². The third kappa shape index (κ3) is 8.28. The molecule has 108 valence electrons. The Kier molecular flexibility index (Phi) is 9.84. The molecule has 0 saturated carbocycles. The molecule has 0 amide bonds. The highest BCUT2D eigenvalue weighted by Crippen LogP contribution is 2.21. The molecule has 0 bridgehead atoms. The lowest BCUT2D eigenvalue weighted by Gasteiger charge is -2.11. The van der Waals surface area contributed by atoms with E-state index >= 15 is 0 Å². The molecule has 1 unspecified atom stereocenters. The van der Waals surface area contributed by atoms with Gasteiger partial charge in [-0.05, 0) is 12.0 Å². The topological polar surface area (TPSA) is 9.23 Å². The van der Waals surface area contributed by atoms with Crippen LogP contribution >= 0.6 is 11.6 Å². The highest BCUT2D eigenvalue weighted by atomic mass is 35.5. The van der Waals surface area contributed by atoms with E-state index in [9.17, 15) is 0 Å². The van der Waals surface area contributed by atoms with Crippen molar-refractivity contribution in [1.29, 1.82) is 0 Å². The number of halogens is 1. The number of hydrogen-bond acceptors (Lipinski definition) is 1. The second kappa shape index (κ2) is 11.3. The van der Waals surface area contributed by atoms with Crippen molar-refractivity contribution >= 4 is 11.6 Å². The van der Waals surface area contributed by atoms with Crippen LogP contribution < -0.4 is 0 Å². The smallest absolute Gasteiger partial charge is 0.156 e. The van der Waals surface area contributed by atoms with E-state index in [1.165, 1.54) is 44.9 Å². The van der Waals surface area contributed by atoms with Gasteiger partial charge >= 0.3 is 0 Å². The Bertz CT molecular complexity index is 299. The van der Waals surface area contributed by atoms with Crippen LogP contribution in [0.15, 0.2) is 30.3 Å². The van der Waals surface area contributed by atoms with Gasteiger partial charge in [-0.15, -0.1) is 0 Å². The molecule has 0 heterocycles. The van der Waals surface area contributed by atoms with E-state index in [2.05, 4.69) is 6.92 Å². The van der Waals surface area contributed by atoms with Gasteiger partial charge in [-0.3, -0.25) is 0 Å². The van der Waals surface area contributed by atoms with Crippen molar-refractivity contribution < 1.29 is 4.74 Å². The van der Waals surface area contributed by atoms with Crippen LogP contribution in [0.25, 0.3) is 0 Å². The summed E-state index contributed by atoms with van der Waals surface area (Å²) in [5, 5.41) is 0. The molecule has 0 aliphatic heterocycles. The first-order valence-corrected chi connectivity index (χ1v) is 8.09. The summed E-state index contributed by atoms with van der Waals surface area (Å²) in [6.45, 7) is 3.02. The van der Waals surface area contributed by atoms with Crippen LogP contribution in [0.4, 0.5) is 0 Å². The Labute approximate surface area is 123 Å². The van der Waals surface area contributed by atoms with E-state index in [4.69, 9.17) is 16.3 Å². The largest absolute Gasteiger partial charge is 0.358 e. The predicted octanol–water partition coefficient (Wildman–Crippen LogP) is 6.08. The molecule has 1 rings (SSSR count). The summed E-state index contributed by atoms with van der Waals surface area (Å²) in [4.78, 5) is 0. The minimum Gasteiger partial charge on any atom is -0.358 e. The average Bonchev–Trinajstić information content (AvgIpc) is 2.46. The zero-order chi connectivity index (χ0) is 13.8. The van der Waals surface area contributed by atoms with Crippen LogP contribution in [-0.4, -0.2) is 6.61 Å². The first-order chi connectivity index (χ1) is 9.34. The lowest BCUT2D eigenvalue weighted by molar-refractivity contribution is 0.104. The van der Waals surface area contributed by atoms with Crippen LogP contribution in [0, 0.1) is 0 Å². The Morgan fingerprint density at radius 1 is 0.895 bits per heavy atom. The lowest BCUT2D eigenvalue weighted by Crippen LogP contribution is -1.99. The Hall–Kier alpha value is -0.530. The van der Waals surface area contributed by atoms with Crippen molar-refractivity contribution in [3.8, 4) is 0 Å². The summed E-state index contributed by atoms with van der Waals surface area (Å²) in [5.74, 6) is 0. The average molecular weight is 283 g/mol. The molecule has 1 nitrogen and oxygen atoms in total. The molecule has 0 fully saturated rings. The van der Waals surface area contributed by atoms with E-state index in [1.807, 2.05) is 30.3 Å². The fourth-order valence-electron chi connectivity index (χ4n) is 2.12. The third-order valence-corrected chi connectivity index (χ3v) is 3.70. The number of benzene rings is 1. The zero-order valence-electron chi connectivity index (χ0n) is 12.1. The summed E-state index contributed by atoms with van der Waals surface area (Å²) in [6.07, 6.45) is 10.5. The highest BCUT2D eigenvalue weighted by Gasteiger charge is 2.06. The molecule has 0 N–H and O–H groups in total. The minimum absolute atomic E-state index is 0.300. The first kappa shape index (κ1) is 16.5. The number of rotatable bonds is 11. The maximum atomic E-state index is 6.18. The van der Waals surface area contributed by atoms with Crippen LogP contribution in [0.1, 0.15) is 69.4 Å². The third-order valence-electron chi connectivity index (χ3n) is 3.32. The van der Waals surface area contributed by atoms with Gasteiger partial charge in [-0.2, -0.15) is 0 Å². The van der Waals surface area contributed by atoms with Crippen molar-refractivity contribution in [1.82, 2.24) is 0 Å². The van der Waals surface area contributed by atoms with Gasteiger partial charge in [-0.1, -0.05) is 93.8 Å². The van der Waals surface area contributed by atoms with E-state index in [1.54, 1.807) is 0 Å². The van der Waals surface area contributed by atoms with Gasteiger partial charge in [0, 0.05) is 6.61 Å². The second-order valence-electron chi connectivity index (χ2n) is 5.07. The Morgan fingerprint density at radius 3 is 2.11 bits per heavy atom. The Morgan fingerprint density at radius 2 is 1.47 bits per heavy atom. The van der Waals surface area contributed by atoms with Gasteiger partial charge in [0.2, 0.25) is 0 Å². The standard InChI is InChI=1S/C17H27ClO/c1-2-3-4-5-6-7-8-12-15-19-17(18)16-13-10-9-11-14-16/h9-11,13-14,17H,2-8,12,15H2,1H3. The predicted molar refractivity (Wildman–Crippen MR) is 83.6 cm³/mol. The van der Waals surface area contributed by atoms with Crippen molar-refractivity contribution in [2.45, 2.75) is 63.9 Å². The molecule has 1 atom stereocenters. The quantitative estimate of drug-likeness (QED) is 0.353. The van der Waals surface area contributed by atoms with Gasteiger partial charge in [0.1, 0.15) is 0 Å². The van der Waals surface area contributed by atoms with Gasteiger partial charge < -0.3 is 4.74 Å². The molecule has 2 heteroatoms. The van der Waals surface area contributed by atoms with Gasteiger partial charge in [-0.25, -0.2) is 0 Å². The van der Waals surface area contributed by atoms with Crippen molar-refractivity contribution in [2.75, 3.05) is 6.61 Å². The Balaban J connectivity index is 1.93.